The number of hydrogen-bond acceptors (Lipinski definition) is 2. The van der Waals surface area contributed by atoms with Crippen LogP contribution in [0, 0.1) is 0 Å². The van der Waals surface area contributed by atoms with E-state index in [1.807, 2.05) is 6.92 Å². The summed E-state index contributed by atoms with van der Waals surface area (Å²) in [6, 6.07) is 0. The number of aliphatic hydroxyl groups is 1. The van der Waals surface area contributed by atoms with Crippen LogP contribution in [-0.4, -0.2) is 17.2 Å². The predicted octanol–water partition coefficient (Wildman–Crippen LogP) is 5.70. The quantitative estimate of drug-likeness (QED) is 0.266. The molecule has 2 N–H and O–H groups in total. The number of rotatable bonds is 17. The van der Waals surface area contributed by atoms with Crippen molar-refractivity contribution in [1.82, 2.24) is 5.32 Å². The van der Waals surface area contributed by atoms with Gasteiger partial charge in [0.1, 0.15) is 6.23 Å². The first-order chi connectivity index (χ1) is 11.2. The molecule has 0 aromatic carbocycles. The van der Waals surface area contributed by atoms with Crippen molar-refractivity contribution in [1.29, 1.82) is 0 Å². The standard InChI is InChI=1S/C20H41NO2/c1-3-5-6-7-8-9-10-11-12-13-14-15-16-18-20(23)21-19(22)17-4-2/h19,22H,3-18H2,1-2H3,(H,21,23). The lowest BCUT2D eigenvalue weighted by atomic mass is 10.0. The van der Waals surface area contributed by atoms with Crippen LogP contribution in [0.15, 0.2) is 0 Å². The van der Waals surface area contributed by atoms with Crippen molar-refractivity contribution in [3.63, 3.8) is 0 Å². The van der Waals surface area contributed by atoms with Crippen LogP contribution in [0.25, 0.3) is 0 Å². The van der Waals surface area contributed by atoms with E-state index < -0.39 is 6.23 Å². The monoisotopic (exact) mass is 327 g/mol. The lowest BCUT2D eigenvalue weighted by molar-refractivity contribution is -0.124. The van der Waals surface area contributed by atoms with Gasteiger partial charge in [-0.15, -0.1) is 0 Å². The molecular formula is C20H41NO2. The van der Waals surface area contributed by atoms with Crippen LogP contribution in [0.3, 0.4) is 0 Å². The summed E-state index contributed by atoms with van der Waals surface area (Å²) < 4.78 is 0. The summed E-state index contributed by atoms with van der Waals surface area (Å²) in [6.45, 7) is 4.27. The van der Waals surface area contributed by atoms with Crippen molar-refractivity contribution in [3.8, 4) is 0 Å². The van der Waals surface area contributed by atoms with Gasteiger partial charge in [-0.2, -0.15) is 0 Å². The largest absolute Gasteiger partial charge is 0.374 e. The summed E-state index contributed by atoms with van der Waals surface area (Å²) in [5, 5.41) is 12.1. The zero-order chi connectivity index (χ0) is 17.2. The summed E-state index contributed by atoms with van der Waals surface area (Å²) >= 11 is 0. The Hall–Kier alpha value is -0.570. The van der Waals surface area contributed by atoms with Gasteiger partial charge in [0.15, 0.2) is 0 Å². The molecule has 0 bridgehead atoms. The van der Waals surface area contributed by atoms with Crippen LogP contribution in [0.4, 0.5) is 0 Å². The molecule has 0 aromatic heterocycles. The first kappa shape index (κ1) is 22.4. The fourth-order valence-electron chi connectivity index (χ4n) is 2.91. The highest BCUT2D eigenvalue weighted by molar-refractivity contribution is 5.75. The summed E-state index contributed by atoms with van der Waals surface area (Å²) in [5.74, 6) is -0.00553. The van der Waals surface area contributed by atoms with Crippen LogP contribution >= 0.6 is 0 Å². The van der Waals surface area contributed by atoms with Gasteiger partial charge < -0.3 is 10.4 Å². The van der Waals surface area contributed by atoms with Crippen molar-refractivity contribution >= 4 is 5.91 Å². The Morgan fingerprint density at radius 2 is 1.17 bits per heavy atom. The minimum Gasteiger partial charge on any atom is -0.374 e. The number of carbonyl (C=O) groups excluding carboxylic acids is 1. The molecule has 1 amide bonds. The van der Waals surface area contributed by atoms with E-state index in [0.717, 1.165) is 19.3 Å². The normalized spacial score (nSPS) is 12.3. The van der Waals surface area contributed by atoms with Gasteiger partial charge in [0.25, 0.3) is 0 Å². The number of hydrogen-bond donors (Lipinski definition) is 2. The highest BCUT2D eigenvalue weighted by atomic mass is 16.3. The van der Waals surface area contributed by atoms with Crippen LogP contribution in [0.5, 0.6) is 0 Å². The van der Waals surface area contributed by atoms with Gasteiger partial charge in [0.05, 0.1) is 0 Å². The second-order valence-corrected chi connectivity index (χ2v) is 6.86. The van der Waals surface area contributed by atoms with Crippen molar-refractivity contribution in [3.05, 3.63) is 0 Å². The van der Waals surface area contributed by atoms with Crippen LogP contribution in [-0.2, 0) is 4.79 Å². The van der Waals surface area contributed by atoms with E-state index in [2.05, 4.69) is 12.2 Å². The molecule has 3 heteroatoms. The molecule has 23 heavy (non-hydrogen) atoms. The number of nitrogens with one attached hydrogen (secondary N) is 1. The maximum Gasteiger partial charge on any atom is 0.221 e. The van der Waals surface area contributed by atoms with Crippen LogP contribution in [0.1, 0.15) is 117 Å². The first-order valence-corrected chi connectivity index (χ1v) is 10.2. The Bertz CT molecular complexity index is 256. The Balaban J connectivity index is 3.17. The second kappa shape index (κ2) is 17.8. The predicted molar refractivity (Wildman–Crippen MR) is 99.4 cm³/mol. The fraction of sp³-hybridized carbons (Fsp3) is 0.950. The Morgan fingerprint density at radius 1 is 0.739 bits per heavy atom. The number of carbonyl (C=O) groups is 1. The number of amides is 1. The summed E-state index contributed by atoms with van der Waals surface area (Å²) in [7, 11) is 0. The van der Waals surface area contributed by atoms with Crippen LogP contribution < -0.4 is 5.32 Å². The van der Waals surface area contributed by atoms with Gasteiger partial charge in [-0.1, -0.05) is 97.3 Å². The number of aliphatic hydroxyl groups excluding tert-OH is 1. The van der Waals surface area contributed by atoms with E-state index in [9.17, 15) is 9.90 Å². The minimum absolute atomic E-state index is 0.00553. The van der Waals surface area contributed by atoms with Crippen LogP contribution in [0.2, 0.25) is 0 Å². The third-order valence-corrected chi connectivity index (χ3v) is 4.40. The molecule has 0 rings (SSSR count). The molecule has 0 saturated carbocycles. The zero-order valence-electron chi connectivity index (χ0n) is 15.7. The average Bonchev–Trinajstić information content (AvgIpc) is 2.52. The van der Waals surface area contributed by atoms with E-state index in [4.69, 9.17) is 0 Å². The summed E-state index contributed by atoms with van der Waals surface area (Å²) in [5.41, 5.74) is 0. The molecule has 0 fully saturated rings. The van der Waals surface area contributed by atoms with Crippen molar-refractivity contribution in [2.45, 2.75) is 123 Å². The van der Waals surface area contributed by atoms with Gasteiger partial charge in [0.2, 0.25) is 5.91 Å². The van der Waals surface area contributed by atoms with E-state index in [1.165, 1.54) is 70.6 Å². The Kier molecular flexibility index (Phi) is 17.3. The minimum atomic E-state index is -0.658. The molecule has 0 aliphatic carbocycles. The van der Waals surface area contributed by atoms with E-state index >= 15 is 0 Å². The van der Waals surface area contributed by atoms with E-state index in [0.29, 0.717) is 12.8 Å². The topological polar surface area (TPSA) is 49.3 Å². The van der Waals surface area contributed by atoms with Gasteiger partial charge in [-0.05, 0) is 12.8 Å². The molecule has 138 valence electrons. The Labute approximate surface area is 144 Å². The number of unbranched alkanes of at least 4 members (excludes halogenated alkanes) is 12. The third kappa shape index (κ3) is 17.6. The lowest BCUT2D eigenvalue weighted by Gasteiger charge is -2.11. The first-order valence-electron chi connectivity index (χ1n) is 10.2. The van der Waals surface area contributed by atoms with E-state index in [-0.39, 0.29) is 5.91 Å². The highest BCUT2D eigenvalue weighted by Crippen LogP contribution is 2.12. The molecule has 0 aliphatic rings. The fourth-order valence-corrected chi connectivity index (χ4v) is 2.91. The van der Waals surface area contributed by atoms with Gasteiger partial charge >= 0.3 is 0 Å². The molecular weight excluding hydrogens is 286 g/mol. The van der Waals surface area contributed by atoms with Gasteiger partial charge in [-0.3, -0.25) is 4.79 Å². The highest BCUT2D eigenvalue weighted by Gasteiger charge is 2.06. The zero-order valence-corrected chi connectivity index (χ0v) is 15.7. The lowest BCUT2D eigenvalue weighted by Crippen LogP contribution is -2.34. The second-order valence-electron chi connectivity index (χ2n) is 6.86. The SMILES string of the molecule is CCCCCCCCCCCCCCCC(=O)NC(O)CCC. The maximum absolute atomic E-state index is 11.6. The molecule has 1 atom stereocenters. The van der Waals surface area contributed by atoms with E-state index in [1.54, 1.807) is 0 Å². The molecule has 0 radical (unpaired) electrons. The Morgan fingerprint density at radius 3 is 1.61 bits per heavy atom. The van der Waals surface area contributed by atoms with Gasteiger partial charge in [-0.25, -0.2) is 0 Å². The maximum atomic E-state index is 11.6. The van der Waals surface area contributed by atoms with Crippen molar-refractivity contribution < 1.29 is 9.90 Å². The molecule has 1 unspecified atom stereocenters. The third-order valence-electron chi connectivity index (χ3n) is 4.40. The molecule has 0 spiro atoms. The molecule has 3 nitrogen and oxygen atoms in total. The van der Waals surface area contributed by atoms with Crippen molar-refractivity contribution in [2.24, 2.45) is 0 Å². The van der Waals surface area contributed by atoms with Crippen molar-refractivity contribution in [2.75, 3.05) is 0 Å². The molecule has 0 aliphatic heterocycles. The molecule has 0 saturated heterocycles. The molecule has 0 aromatic rings. The average molecular weight is 328 g/mol. The molecule has 0 heterocycles. The summed E-state index contributed by atoms with van der Waals surface area (Å²) in [4.78, 5) is 11.6. The van der Waals surface area contributed by atoms with Gasteiger partial charge in [0, 0.05) is 6.42 Å². The summed E-state index contributed by atoms with van der Waals surface area (Å²) in [6.07, 6.45) is 18.5. The smallest absolute Gasteiger partial charge is 0.221 e.